The van der Waals surface area contributed by atoms with E-state index >= 15 is 0 Å². The molecule has 2 rings (SSSR count). The Hall–Kier alpha value is -1.14. The summed E-state index contributed by atoms with van der Waals surface area (Å²) in [5.74, 6) is -1.07. The van der Waals surface area contributed by atoms with Gasteiger partial charge < -0.3 is 5.32 Å². The van der Waals surface area contributed by atoms with Gasteiger partial charge in [0.2, 0.25) is 4.33 Å². The Morgan fingerprint density at radius 1 is 1.12 bits per heavy atom. The average molecular weight is 268 g/mol. The van der Waals surface area contributed by atoms with Crippen LogP contribution in [-0.4, -0.2) is 28.7 Å². The van der Waals surface area contributed by atoms with E-state index < -0.39 is 16.1 Å². The van der Waals surface area contributed by atoms with E-state index in [4.69, 9.17) is 0 Å². The molecule has 1 fully saturated rings. The van der Waals surface area contributed by atoms with Crippen molar-refractivity contribution in [2.24, 2.45) is 0 Å². The highest BCUT2D eigenvalue weighted by atomic mass is 32.2. The summed E-state index contributed by atoms with van der Waals surface area (Å²) in [6.45, 7) is 0. The topological polar surface area (TPSA) is 49.4 Å². The van der Waals surface area contributed by atoms with Crippen LogP contribution in [0, 0.1) is 0 Å². The number of rotatable bonds is 3. The molecule has 1 aromatic carbocycles. The van der Waals surface area contributed by atoms with Crippen molar-refractivity contribution in [1.82, 2.24) is 5.32 Å². The number of hydrogen-bond acceptors (Lipinski definition) is 4. The monoisotopic (exact) mass is 268 g/mol. The second kappa shape index (κ2) is 4.62. The summed E-state index contributed by atoms with van der Waals surface area (Å²) in [6.07, 6.45) is 3.73. The number of hydrogen-bond donors (Lipinski definition) is 1. The first-order valence-electron chi connectivity index (χ1n) is 4.96. The van der Waals surface area contributed by atoms with Crippen LogP contribution in [-0.2, 0) is 9.59 Å². The van der Waals surface area contributed by atoms with Crippen LogP contribution in [0.1, 0.15) is 0 Å². The van der Waals surface area contributed by atoms with Crippen LogP contribution in [0.3, 0.4) is 0 Å². The molecular weight excluding hydrogens is 256 g/mol. The Labute approximate surface area is 108 Å². The molecule has 0 spiro atoms. The van der Waals surface area contributed by atoms with Crippen LogP contribution in [0.5, 0.6) is 0 Å². The SMILES string of the molecule is CSC1(SC)NC(=O)C(=O)N1c1ccccc1. The Bertz CT molecular complexity index is 446. The molecule has 1 aliphatic rings. The lowest BCUT2D eigenvalue weighted by Gasteiger charge is -2.33. The molecule has 6 heteroatoms. The number of anilines is 1. The van der Waals surface area contributed by atoms with Gasteiger partial charge in [0.05, 0.1) is 0 Å². The number of carbonyl (C=O) groups is 2. The molecule has 90 valence electrons. The van der Waals surface area contributed by atoms with Crippen LogP contribution in [0.25, 0.3) is 0 Å². The first-order chi connectivity index (χ1) is 8.14. The molecule has 0 saturated carbocycles. The van der Waals surface area contributed by atoms with Crippen molar-refractivity contribution in [3.05, 3.63) is 30.3 Å². The predicted octanol–water partition coefficient (Wildman–Crippen LogP) is 1.49. The third-order valence-electron chi connectivity index (χ3n) is 2.53. The van der Waals surface area contributed by atoms with E-state index in [-0.39, 0.29) is 0 Å². The summed E-state index contributed by atoms with van der Waals surface area (Å²) in [6, 6.07) is 9.20. The maximum absolute atomic E-state index is 11.9. The Morgan fingerprint density at radius 3 is 2.24 bits per heavy atom. The smallest absolute Gasteiger partial charge is 0.307 e. The van der Waals surface area contributed by atoms with E-state index in [1.54, 1.807) is 0 Å². The zero-order chi connectivity index (χ0) is 12.5. The van der Waals surface area contributed by atoms with Crippen molar-refractivity contribution in [3.8, 4) is 0 Å². The van der Waals surface area contributed by atoms with Gasteiger partial charge in [-0.3, -0.25) is 14.5 Å². The van der Waals surface area contributed by atoms with Gasteiger partial charge in [0.15, 0.2) is 0 Å². The molecule has 4 nitrogen and oxygen atoms in total. The van der Waals surface area contributed by atoms with Crippen LogP contribution in [0.15, 0.2) is 30.3 Å². The van der Waals surface area contributed by atoms with Crippen LogP contribution in [0.4, 0.5) is 5.69 Å². The molecule has 0 bridgehead atoms. The highest BCUT2D eigenvalue weighted by molar-refractivity contribution is 8.17. The third kappa shape index (κ3) is 1.91. The molecular formula is C11H12N2O2S2. The van der Waals surface area contributed by atoms with Gasteiger partial charge in [0, 0.05) is 5.69 Å². The number of thioether (sulfide) groups is 2. The highest BCUT2D eigenvalue weighted by Gasteiger charge is 2.50. The van der Waals surface area contributed by atoms with Gasteiger partial charge in [0.1, 0.15) is 0 Å². The van der Waals surface area contributed by atoms with Gasteiger partial charge >= 0.3 is 11.8 Å². The summed E-state index contributed by atoms with van der Waals surface area (Å²) in [4.78, 5) is 25.0. The molecule has 2 amide bonds. The van der Waals surface area contributed by atoms with E-state index in [1.807, 2.05) is 42.8 Å². The van der Waals surface area contributed by atoms with Gasteiger partial charge in [-0.2, -0.15) is 0 Å². The molecule has 0 unspecified atom stereocenters. The number of carbonyl (C=O) groups excluding carboxylic acids is 2. The number of para-hydroxylation sites is 1. The second-order valence-corrected chi connectivity index (χ2v) is 5.68. The molecule has 1 saturated heterocycles. The minimum absolute atomic E-state index is 0.514. The summed E-state index contributed by atoms with van der Waals surface area (Å²) in [5.41, 5.74) is 0.722. The van der Waals surface area contributed by atoms with E-state index in [0.29, 0.717) is 0 Å². The van der Waals surface area contributed by atoms with E-state index in [1.165, 1.54) is 28.4 Å². The zero-order valence-corrected chi connectivity index (χ0v) is 11.1. The molecule has 0 aromatic heterocycles. The fourth-order valence-electron chi connectivity index (χ4n) is 1.72. The lowest BCUT2D eigenvalue weighted by atomic mass is 10.3. The molecule has 1 aliphatic heterocycles. The molecule has 1 heterocycles. The Morgan fingerprint density at radius 2 is 1.71 bits per heavy atom. The van der Waals surface area contributed by atoms with E-state index in [0.717, 1.165) is 5.69 Å². The molecule has 0 aliphatic carbocycles. The molecule has 0 atom stereocenters. The normalized spacial score (nSPS) is 18.4. The maximum Gasteiger partial charge on any atom is 0.319 e. The number of amides is 2. The lowest BCUT2D eigenvalue weighted by Crippen LogP contribution is -2.46. The standard InChI is InChI=1S/C11H12N2O2S2/c1-16-11(17-2)12-9(14)10(15)13(11)8-6-4-3-5-7-8/h3-7H,1-2H3,(H,12,14). The minimum atomic E-state index is -0.741. The summed E-state index contributed by atoms with van der Waals surface area (Å²) >= 11 is 2.85. The summed E-state index contributed by atoms with van der Waals surface area (Å²) in [5, 5.41) is 2.73. The van der Waals surface area contributed by atoms with Gasteiger partial charge in [-0.15, -0.1) is 23.5 Å². The fourth-order valence-corrected chi connectivity index (χ4v) is 3.52. The van der Waals surface area contributed by atoms with Crippen molar-refractivity contribution < 1.29 is 9.59 Å². The largest absolute Gasteiger partial charge is 0.319 e. The fraction of sp³-hybridized carbons (Fsp3) is 0.273. The van der Waals surface area contributed by atoms with E-state index in [2.05, 4.69) is 5.32 Å². The highest BCUT2D eigenvalue weighted by Crippen LogP contribution is 2.41. The summed E-state index contributed by atoms with van der Waals surface area (Å²) in [7, 11) is 0. The molecule has 1 aromatic rings. The average Bonchev–Trinajstić information content (AvgIpc) is 2.63. The van der Waals surface area contributed by atoms with Crippen molar-refractivity contribution in [3.63, 3.8) is 0 Å². The van der Waals surface area contributed by atoms with Gasteiger partial charge in [-0.25, -0.2) is 0 Å². The van der Waals surface area contributed by atoms with Gasteiger partial charge in [0.25, 0.3) is 0 Å². The zero-order valence-electron chi connectivity index (χ0n) is 9.47. The number of benzene rings is 1. The van der Waals surface area contributed by atoms with Gasteiger partial charge in [-0.05, 0) is 24.6 Å². The Kier molecular flexibility index (Phi) is 3.35. The second-order valence-electron chi connectivity index (χ2n) is 3.42. The van der Waals surface area contributed by atoms with E-state index in [9.17, 15) is 9.59 Å². The predicted molar refractivity (Wildman–Crippen MR) is 71.8 cm³/mol. The van der Waals surface area contributed by atoms with Crippen molar-refractivity contribution >= 4 is 41.0 Å². The Balaban J connectivity index is 2.48. The number of nitrogens with zero attached hydrogens (tertiary/aromatic N) is 1. The first-order valence-corrected chi connectivity index (χ1v) is 7.41. The van der Waals surface area contributed by atoms with Crippen molar-refractivity contribution in [2.45, 2.75) is 4.33 Å². The van der Waals surface area contributed by atoms with Crippen LogP contribution >= 0.6 is 23.5 Å². The minimum Gasteiger partial charge on any atom is -0.307 e. The van der Waals surface area contributed by atoms with Crippen molar-refractivity contribution in [2.75, 3.05) is 17.4 Å². The van der Waals surface area contributed by atoms with Gasteiger partial charge in [-0.1, -0.05) is 18.2 Å². The summed E-state index contributed by atoms with van der Waals surface area (Å²) < 4.78 is -0.741. The van der Waals surface area contributed by atoms with Crippen molar-refractivity contribution in [1.29, 1.82) is 0 Å². The molecule has 0 radical (unpaired) electrons. The number of nitrogens with one attached hydrogen (secondary N) is 1. The molecule has 1 N–H and O–H groups in total. The molecule has 17 heavy (non-hydrogen) atoms. The maximum atomic E-state index is 11.9. The third-order valence-corrected chi connectivity index (χ3v) is 5.21. The van der Waals surface area contributed by atoms with Crippen LogP contribution < -0.4 is 10.2 Å². The quantitative estimate of drug-likeness (QED) is 0.666. The first kappa shape index (κ1) is 12.3. The van der Waals surface area contributed by atoms with Crippen LogP contribution in [0.2, 0.25) is 0 Å². The lowest BCUT2D eigenvalue weighted by molar-refractivity contribution is -0.134.